The molecule has 0 aliphatic carbocycles. The number of rotatable bonds is 7. The summed E-state index contributed by atoms with van der Waals surface area (Å²) in [6, 6.07) is 7.19. The molecule has 1 N–H and O–H groups in total. The van der Waals surface area contributed by atoms with Crippen molar-refractivity contribution in [2.24, 2.45) is 0 Å². The lowest BCUT2D eigenvalue weighted by molar-refractivity contribution is 0.101. The quantitative estimate of drug-likeness (QED) is 0.809. The van der Waals surface area contributed by atoms with E-state index in [9.17, 15) is 4.39 Å². The fourth-order valence-electron chi connectivity index (χ4n) is 2.79. The molecule has 0 radical (unpaired) electrons. The van der Waals surface area contributed by atoms with Crippen molar-refractivity contribution < 1.29 is 9.13 Å². The number of nitrogens with one attached hydrogen (secondary N) is 1. The maximum Gasteiger partial charge on any atom is 0.127 e. The Hall–Kier alpha value is -0.930. The van der Waals surface area contributed by atoms with Gasteiger partial charge in [-0.1, -0.05) is 25.1 Å². The first kappa shape index (κ1) is 14.5. The Kier molecular flexibility index (Phi) is 5.80. The summed E-state index contributed by atoms with van der Waals surface area (Å²) in [5, 5.41) is 3.38. The Morgan fingerprint density at radius 1 is 1.42 bits per heavy atom. The van der Waals surface area contributed by atoms with Gasteiger partial charge in [0.15, 0.2) is 0 Å². The van der Waals surface area contributed by atoms with Crippen molar-refractivity contribution in [3.05, 3.63) is 35.6 Å². The van der Waals surface area contributed by atoms with Gasteiger partial charge in [0, 0.05) is 18.2 Å². The monoisotopic (exact) mass is 265 g/mol. The van der Waals surface area contributed by atoms with Gasteiger partial charge >= 0.3 is 0 Å². The number of benzene rings is 1. The van der Waals surface area contributed by atoms with Gasteiger partial charge in [0.05, 0.1) is 6.10 Å². The molecular formula is C16H24FNO. The van der Waals surface area contributed by atoms with Gasteiger partial charge in [-0.25, -0.2) is 4.39 Å². The van der Waals surface area contributed by atoms with Crippen molar-refractivity contribution in [2.75, 3.05) is 13.2 Å². The summed E-state index contributed by atoms with van der Waals surface area (Å²) in [7, 11) is 0. The van der Waals surface area contributed by atoms with Gasteiger partial charge in [0.2, 0.25) is 0 Å². The van der Waals surface area contributed by atoms with E-state index in [0.717, 1.165) is 38.0 Å². The zero-order valence-corrected chi connectivity index (χ0v) is 11.7. The number of halogens is 1. The highest BCUT2D eigenvalue weighted by atomic mass is 19.1. The SMILES string of the molecule is CCNC(CCCC1CCCO1)c1ccccc1F. The minimum atomic E-state index is -0.106. The van der Waals surface area contributed by atoms with Gasteiger partial charge in [-0.15, -0.1) is 0 Å². The van der Waals surface area contributed by atoms with Gasteiger partial charge < -0.3 is 10.1 Å². The van der Waals surface area contributed by atoms with Crippen LogP contribution in [0.15, 0.2) is 24.3 Å². The first-order valence-corrected chi connectivity index (χ1v) is 7.40. The summed E-state index contributed by atoms with van der Waals surface area (Å²) in [6.07, 6.45) is 5.95. The second-order valence-corrected chi connectivity index (χ2v) is 5.20. The molecule has 0 amide bonds. The summed E-state index contributed by atoms with van der Waals surface area (Å²) in [5.74, 6) is -0.106. The van der Waals surface area contributed by atoms with Gasteiger partial charge in [0.1, 0.15) is 5.82 Å². The van der Waals surface area contributed by atoms with Crippen molar-refractivity contribution in [3.63, 3.8) is 0 Å². The Balaban J connectivity index is 1.87. The van der Waals surface area contributed by atoms with Crippen molar-refractivity contribution >= 4 is 0 Å². The molecule has 1 aromatic rings. The molecule has 0 bridgehead atoms. The van der Waals surface area contributed by atoms with Crippen molar-refractivity contribution in [1.82, 2.24) is 5.32 Å². The highest BCUT2D eigenvalue weighted by molar-refractivity contribution is 5.21. The summed E-state index contributed by atoms with van der Waals surface area (Å²) in [6.45, 7) is 3.83. The third-order valence-electron chi connectivity index (χ3n) is 3.77. The number of ether oxygens (including phenoxy) is 1. The largest absolute Gasteiger partial charge is 0.378 e. The lowest BCUT2D eigenvalue weighted by Crippen LogP contribution is -2.22. The van der Waals surface area contributed by atoms with Crippen molar-refractivity contribution in [3.8, 4) is 0 Å². The average molecular weight is 265 g/mol. The molecule has 1 aliphatic heterocycles. The smallest absolute Gasteiger partial charge is 0.127 e. The molecule has 1 saturated heterocycles. The fraction of sp³-hybridized carbons (Fsp3) is 0.625. The van der Waals surface area contributed by atoms with Crippen LogP contribution in [0.3, 0.4) is 0 Å². The van der Waals surface area contributed by atoms with E-state index in [1.165, 1.54) is 12.8 Å². The van der Waals surface area contributed by atoms with E-state index < -0.39 is 0 Å². The number of hydrogen-bond donors (Lipinski definition) is 1. The molecule has 106 valence electrons. The van der Waals surface area contributed by atoms with Crippen LogP contribution in [0.2, 0.25) is 0 Å². The Labute approximate surface area is 115 Å². The first-order chi connectivity index (χ1) is 9.31. The van der Waals surface area contributed by atoms with E-state index in [1.54, 1.807) is 12.1 Å². The topological polar surface area (TPSA) is 21.3 Å². The second-order valence-electron chi connectivity index (χ2n) is 5.20. The molecule has 3 heteroatoms. The lowest BCUT2D eigenvalue weighted by Gasteiger charge is -2.19. The molecule has 2 rings (SSSR count). The zero-order valence-electron chi connectivity index (χ0n) is 11.7. The van der Waals surface area contributed by atoms with Gasteiger partial charge in [0.25, 0.3) is 0 Å². The third-order valence-corrected chi connectivity index (χ3v) is 3.77. The fourth-order valence-corrected chi connectivity index (χ4v) is 2.79. The molecule has 0 aromatic heterocycles. The standard InChI is InChI=1S/C16H24FNO/c1-2-18-16(14-9-3-4-10-15(14)17)11-5-7-13-8-6-12-19-13/h3-4,9-10,13,16,18H,2,5-8,11-12H2,1H3. The predicted molar refractivity (Wildman–Crippen MR) is 75.6 cm³/mol. The van der Waals surface area contributed by atoms with Crippen molar-refractivity contribution in [1.29, 1.82) is 0 Å². The predicted octanol–water partition coefficient (Wildman–Crippen LogP) is 3.83. The van der Waals surface area contributed by atoms with Gasteiger partial charge in [-0.05, 0) is 44.7 Å². The van der Waals surface area contributed by atoms with E-state index in [0.29, 0.717) is 6.10 Å². The van der Waals surface area contributed by atoms with E-state index in [1.807, 2.05) is 12.1 Å². The minimum Gasteiger partial charge on any atom is -0.378 e. The molecule has 1 aromatic carbocycles. The maximum absolute atomic E-state index is 13.8. The molecule has 1 heterocycles. The minimum absolute atomic E-state index is 0.106. The molecule has 1 aliphatic rings. The highest BCUT2D eigenvalue weighted by Crippen LogP contribution is 2.24. The Morgan fingerprint density at radius 2 is 2.26 bits per heavy atom. The Morgan fingerprint density at radius 3 is 2.95 bits per heavy atom. The summed E-state index contributed by atoms with van der Waals surface area (Å²) >= 11 is 0. The van der Waals surface area contributed by atoms with E-state index in [2.05, 4.69) is 12.2 Å². The molecule has 2 atom stereocenters. The van der Waals surface area contributed by atoms with Crippen LogP contribution in [0, 0.1) is 5.82 Å². The Bertz CT molecular complexity index is 377. The van der Waals surface area contributed by atoms with E-state index in [4.69, 9.17) is 4.74 Å². The van der Waals surface area contributed by atoms with Crippen LogP contribution in [0.5, 0.6) is 0 Å². The first-order valence-electron chi connectivity index (χ1n) is 7.40. The van der Waals surface area contributed by atoms with Crippen LogP contribution in [-0.4, -0.2) is 19.3 Å². The second kappa shape index (κ2) is 7.61. The lowest BCUT2D eigenvalue weighted by atomic mass is 9.98. The zero-order chi connectivity index (χ0) is 13.5. The van der Waals surface area contributed by atoms with Gasteiger partial charge in [-0.2, -0.15) is 0 Å². The average Bonchev–Trinajstić information content (AvgIpc) is 2.92. The molecule has 2 nitrogen and oxygen atoms in total. The van der Waals surface area contributed by atoms with Crippen LogP contribution in [0.25, 0.3) is 0 Å². The molecule has 2 unspecified atom stereocenters. The molecule has 0 spiro atoms. The number of hydrogen-bond acceptors (Lipinski definition) is 2. The molecular weight excluding hydrogens is 241 g/mol. The van der Waals surface area contributed by atoms with Crippen LogP contribution in [0.4, 0.5) is 4.39 Å². The molecule has 1 fully saturated rings. The molecule has 0 saturated carbocycles. The molecule has 19 heavy (non-hydrogen) atoms. The third kappa shape index (κ3) is 4.29. The van der Waals surface area contributed by atoms with Crippen molar-refractivity contribution in [2.45, 2.75) is 51.2 Å². The summed E-state index contributed by atoms with van der Waals surface area (Å²) < 4.78 is 19.5. The van der Waals surface area contributed by atoms with E-state index >= 15 is 0 Å². The normalized spacial score (nSPS) is 20.6. The summed E-state index contributed by atoms with van der Waals surface area (Å²) in [4.78, 5) is 0. The summed E-state index contributed by atoms with van der Waals surface area (Å²) in [5.41, 5.74) is 0.789. The van der Waals surface area contributed by atoms with Crippen LogP contribution < -0.4 is 5.32 Å². The maximum atomic E-state index is 13.8. The van der Waals surface area contributed by atoms with E-state index in [-0.39, 0.29) is 11.9 Å². The van der Waals surface area contributed by atoms with Gasteiger partial charge in [-0.3, -0.25) is 0 Å². The van der Waals surface area contributed by atoms with Crippen LogP contribution in [0.1, 0.15) is 50.6 Å². The van der Waals surface area contributed by atoms with Crippen LogP contribution >= 0.6 is 0 Å². The highest BCUT2D eigenvalue weighted by Gasteiger charge is 2.18. The van der Waals surface area contributed by atoms with Crippen LogP contribution in [-0.2, 0) is 4.74 Å².